The second kappa shape index (κ2) is 6.61. The van der Waals surface area contributed by atoms with Crippen molar-refractivity contribution in [2.75, 3.05) is 13.1 Å². The molecule has 0 unspecified atom stereocenters. The van der Waals surface area contributed by atoms with Gasteiger partial charge in [-0.15, -0.1) is 0 Å². The lowest BCUT2D eigenvalue weighted by Crippen LogP contribution is -2.42. The number of benzene rings is 2. The van der Waals surface area contributed by atoms with Crippen molar-refractivity contribution in [3.8, 4) is 0 Å². The number of piperidine rings is 1. The van der Waals surface area contributed by atoms with E-state index in [-0.39, 0.29) is 6.61 Å². The molecule has 0 atom stereocenters. The highest BCUT2D eigenvalue weighted by molar-refractivity contribution is 5.32. The topological polar surface area (TPSA) is 43.7 Å². The zero-order valence-corrected chi connectivity index (χ0v) is 12.8. The van der Waals surface area contributed by atoms with Gasteiger partial charge < -0.3 is 10.2 Å². The maximum absolute atomic E-state index is 11.0. The Kier molecular flexibility index (Phi) is 4.57. The summed E-state index contributed by atoms with van der Waals surface area (Å²) in [5, 5.41) is 20.5. The Morgan fingerprint density at radius 2 is 1.55 bits per heavy atom. The predicted molar refractivity (Wildman–Crippen MR) is 87.2 cm³/mol. The van der Waals surface area contributed by atoms with Crippen LogP contribution >= 0.6 is 0 Å². The molecule has 3 nitrogen and oxygen atoms in total. The number of aliphatic hydroxyl groups is 2. The smallest absolute Gasteiger partial charge is 0.0924 e. The maximum Gasteiger partial charge on any atom is 0.0924 e. The quantitative estimate of drug-likeness (QED) is 0.912. The van der Waals surface area contributed by atoms with Crippen LogP contribution in [0.25, 0.3) is 0 Å². The van der Waals surface area contributed by atoms with Crippen LogP contribution in [0, 0.1) is 0 Å². The van der Waals surface area contributed by atoms with Crippen molar-refractivity contribution in [2.24, 2.45) is 0 Å². The summed E-state index contributed by atoms with van der Waals surface area (Å²) in [5.74, 6) is 0. The van der Waals surface area contributed by atoms with E-state index in [2.05, 4.69) is 29.2 Å². The Labute approximate surface area is 131 Å². The van der Waals surface area contributed by atoms with Gasteiger partial charge in [-0.25, -0.2) is 0 Å². The molecule has 0 saturated carbocycles. The van der Waals surface area contributed by atoms with Crippen LogP contribution in [0.4, 0.5) is 0 Å². The van der Waals surface area contributed by atoms with E-state index in [4.69, 9.17) is 0 Å². The van der Waals surface area contributed by atoms with Gasteiger partial charge in [0, 0.05) is 19.6 Å². The van der Waals surface area contributed by atoms with Crippen LogP contribution in [0.2, 0.25) is 0 Å². The molecule has 3 heteroatoms. The zero-order chi connectivity index (χ0) is 15.4. The van der Waals surface area contributed by atoms with Crippen LogP contribution in [0.5, 0.6) is 0 Å². The minimum absolute atomic E-state index is 0.0216. The van der Waals surface area contributed by atoms with Crippen molar-refractivity contribution in [1.82, 2.24) is 4.90 Å². The highest BCUT2D eigenvalue weighted by Crippen LogP contribution is 2.35. The molecular weight excluding hydrogens is 274 g/mol. The Balaban J connectivity index is 1.68. The third-order valence-corrected chi connectivity index (χ3v) is 4.62. The molecule has 116 valence electrons. The Hall–Kier alpha value is -1.68. The highest BCUT2D eigenvalue weighted by Gasteiger charge is 2.35. The van der Waals surface area contributed by atoms with Crippen LogP contribution in [-0.2, 0) is 18.8 Å². The summed E-state index contributed by atoms with van der Waals surface area (Å²) in [6.45, 7) is 2.64. The first kappa shape index (κ1) is 15.2. The van der Waals surface area contributed by atoms with E-state index in [0.717, 1.165) is 30.8 Å². The first-order chi connectivity index (χ1) is 10.7. The first-order valence-corrected chi connectivity index (χ1v) is 7.89. The first-order valence-electron chi connectivity index (χ1n) is 7.89. The van der Waals surface area contributed by atoms with E-state index in [1.165, 1.54) is 5.56 Å². The Morgan fingerprint density at radius 1 is 0.909 bits per heavy atom. The molecule has 3 rings (SSSR count). The average Bonchev–Trinajstić information content (AvgIpc) is 2.58. The number of rotatable bonds is 4. The molecule has 0 radical (unpaired) electrons. The summed E-state index contributed by atoms with van der Waals surface area (Å²) >= 11 is 0. The van der Waals surface area contributed by atoms with Crippen LogP contribution in [0.15, 0.2) is 54.6 Å². The third-order valence-electron chi connectivity index (χ3n) is 4.62. The van der Waals surface area contributed by atoms with Crippen molar-refractivity contribution in [3.63, 3.8) is 0 Å². The van der Waals surface area contributed by atoms with Gasteiger partial charge in [-0.1, -0.05) is 54.6 Å². The van der Waals surface area contributed by atoms with E-state index in [1.807, 2.05) is 30.3 Å². The van der Waals surface area contributed by atoms with Crippen molar-refractivity contribution in [2.45, 2.75) is 31.6 Å². The predicted octanol–water partition coefficient (Wildman–Crippen LogP) is 2.66. The number of hydrogen-bond donors (Lipinski definition) is 2. The van der Waals surface area contributed by atoms with Crippen LogP contribution in [0.1, 0.15) is 29.5 Å². The van der Waals surface area contributed by atoms with Crippen LogP contribution < -0.4 is 0 Å². The average molecular weight is 297 g/mol. The number of nitrogens with zero attached hydrogens (tertiary/aromatic N) is 1. The molecule has 1 heterocycles. The normalized spacial score (nSPS) is 18.3. The van der Waals surface area contributed by atoms with Crippen LogP contribution in [-0.4, -0.2) is 28.2 Å². The summed E-state index contributed by atoms with van der Waals surface area (Å²) in [4.78, 5) is 2.38. The number of hydrogen-bond acceptors (Lipinski definition) is 3. The SMILES string of the molecule is OCc1ccccc1C1(O)CCN(Cc2ccccc2)CC1. The molecule has 2 aromatic rings. The van der Waals surface area contributed by atoms with E-state index < -0.39 is 5.60 Å². The van der Waals surface area contributed by atoms with Gasteiger partial charge in [0.15, 0.2) is 0 Å². The van der Waals surface area contributed by atoms with Gasteiger partial charge in [-0.2, -0.15) is 0 Å². The summed E-state index contributed by atoms with van der Waals surface area (Å²) in [6.07, 6.45) is 1.41. The van der Waals surface area contributed by atoms with E-state index in [9.17, 15) is 10.2 Å². The molecule has 2 aromatic carbocycles. The monoisotopic (exact) mass is 297 g/mol. The van der Waals surface area contributed by atoms with Crippen molar-refractivity contribution >= 4 is 0 Å². The van der Waals surface area contributed by atoms with Crippen molar-refractivity contribution in [3.05, 3.63) is 71.3 Å². The van der Waals surface area contributed by atoms with Gasteiger partial charge in [0.1, 0.15) is 0 Å². The van der Waals surface area contributed by atoms with Gasteiger partial charge in [0.25, 0.3) is 0 Å². The summed E-state index contributed by atoms with van der Waals surface area (Å²) in [5.41, 5.74) is 2.22. The van der Waals surface area contributed by atoms with Gasteiger partial charge >= 0.3 is 0 Å². The lowest BCUT2D eigenvalue weighted by atomic mass is 9.82. The van der Waals surface area contributed by atoms with Crippen molar-refractivity contribution in [1.29, 1.82) is 0 Å². The summed E-state index contributed by atoms with van der Waals surface area (Å²) < 4.78 is 0. The second-order valence-electron chi connectivity index (χ2n) is 6.11. The summed E-state index contributed by atoms with van der Waals surface area (Å²) in [6, 6.07) is 18.1. The lowest BCUT2D eigenvalue weighted by Gasteiger charge is -2.39. The highest BCUT2D eigenvalue weighted by atomic mass is 16.3. The summed E-state index contributed by atoms with van der Waals surface area (Å²) in [7, 11) is 0. The molecule has 0 bridgehead atoms. The van der Waals surface area contributed by atoms with Crippen LogP contribution in [0.3, 0.4) is 0 Å². The molecule has 0 aliphatic carbocycles. The lowest BCUT2D eigenvalue weighted by molar-refractivity contribution is -0.0290. The van der Waals surface area contributed by atoms with Gasteiger partial charge in [0.05, 0.1) is 12.2 Å². The number of aliphatic hydroxyl groups excluding tert-OH is 1. The maximum atomic E-state index is 11.0. The van der Waals surface area contributed by atoms with E-state index in [0.29, 0.717) is 12.8 Å². The zero-order valence-electron chi connectivity index (χ0n) is 12.8. The molecule has 1 saturated heterocycles. The van der Waals surface area contributed by atoms with Gasteiger partial charge in [-0.05, 0) is 29.5 Å². The molecule has 2 N–H and O–H groups in total. The largest absolute Gasteiger partial charge is 0.392 e. The van der Waals surface area contributed by atoms with Gasteiger partial charge in [-0.3, -0.25) is 4.90 Å². The molecule has 0 amide bonds. The molecule has 1 aliphatic rings. The molecule has 0 aromatic heterocycles. The molecule has 1 fully saturated rings. The Morgan fingerprint density at radius 3 is 2.23 bits per heavy atom. The van der Waals surface area contributed by atoms with E-state index in [1.54, 1.807) is 0 Å². The van der Waals surface area contributed by atoms with E-state index >= 15 is 0 Å². The van der Waals surface area contributed by atoms with Gasteiger partial charge in [0.2, 0.25) is 0 Å². The third kappa shape index (κ3) is 3.22. The molecular formula is C19H23NO2. The van der Waals surface area contributed by atoms with Crippen molar-refractivity contribution < 1.29 is 10.2 Å². The fourth-order valence-electron chi connectivity index (χ4n) is 3.30. The minimum atomic E-state index is -0.813. The Bertz CT molecular complexity index is 604. The molecule has 1 aliphatic heterocycles. The second-order valence-corrected chi connectivity index (χ2v) is 6.11. The number of likely N-dealkylation sites (tertiary alicyclic amines) is 1. The molecule has 0 spiro atoms. The standard InChI is InChI=1S/C19H23NO2/c21-15-17-8-4-5-9-18(17)19(22)10-12-20(13-11-19)14-16-6-2-1-3-7-16/h1-9,21-22H,10-15H2. The fourth-order valence-corrected chi connectivity index (χ4v) is 3.30. The molecule has 22 heavy (non-hydrogen) atoms. The fraction of sp³-hybridized carbons (Fsp3) is 0.368. The minimum Gasteiger partial charge on any atom is -0.392 e.